The lowest BCUT2D eigenvalue weighted by atomic mass is 9.96. The van der Waals surface area contributed by atoms with E-state index >= 15 is 0 Å². The molecule has 274 valence electrons. The minimum Gasteiger partial charge on any atom is -0.467 e. The largest absolute Gasteiger partial charge is 0.467 e. The molecule has 3 aromatic rings. The molecule has 12 heteroatoms. The maximum atomic E-state index is 13.9. The molecular weight excluding hydrogens is 652 g/mol. The Kier molecular flexibility index (Phi) is 15.5. The third-order valence-electron chi connectivity index (χ3n) is 7.76. The molecule has 4 amide bonds. The molecule has 3 rings (SSSR count). The van der Waals surface area contributed by atoms with Gasteiger partial charge in [-0.1, -0.05) is 105 Å². The fourth-order valence-corrected chi connectivity index (χ4v) is 5.22. The molecule has 0 aromatic heterocycles. The maximum Gasteiger partial charge on any atom is 0.407 e. The minimum atomic E-state index is -1.09. The topological polar surface area (TPSA) is 161 Å². The predicted molar refractivity (Wildman–Crippen MR) is 192 cm³/mol. The summed E-state index contributed by atoms with van der Waals surface area (Å²) in [6.07, 6.45) is -1.56. The zero-order valence-corrected chi connectivity index (χ0v) is 30.1. The van der Waals surface area contributed by atoms with Gasteiger partial charge < -0.3 is 35.5 Å². The first-order valence-electron chi connectivity index (χ1n) is 17.0. The second kappa shape index (κ2) is 19.7. The van der Waals surface area contributed by atoms with Crippen LogP contribution in [-0.4, -0.2) is 66.8 Å². The first kappa shape index (κ1) is 40.0. The number of alkyl carbamates (subject to hydrolysis) is 2. The van der Waals surface area contributed by atoms with Gasteiger partial charge in [0.05, 0.1) is 19.2 Å². The van der Waals surface area contributed by atoms with E-state index in [1.54, 1.807) is 34.6 Å². The lowest BCUT2D eigenvalue weighted by Gasteiger charge is -2.30. The minimum absolute atomic E-state index is 0.0228. The van der Waals surface area contributed by atoms with Crippen LogP contribution >= 0.6 is 0 Å². The Morgan fingerprint density at radius 2 is 1.16 bits per heavy atom. The van der Waals surface area contributed by atoms with Gasteiger partial charge in [0.25, 0.3) is 0 Å². The van der Waals surface area contributed by atoms with Crippen LogP contribution in [-0.2, 0) is 48.0 Å². The van der Waals surface area contributed by atoms with Crippen LogP contribution in [0.1, 0.15) is 57.7 Å². The van der Waals surface area contributed by atoms with E-state index in [1.165, 1.54) is 7.11 Å². The van der Waals surface area contributed by atoms with Crippen molar-refractivity contribution in [2.75, 3.05) is 7.11 Å². The molecule has 0 saturated heterocycles. The number of benzene rings is 3. The molecule has 4 atom stereocenters. The molecule has 0 aliphatic carbocycles. The quantitative estimate of drug-likeness (QED) is 0.122. The summed E-state index contributed by atoms with van der Waals surface area (Å²) in [5.41, 5.74) is 1.54. The van der Waals surface area contributed by atoms with E-state index in [0.29, 0.717) is 0 Å². The highest BCUT2D eigenvalue weighted by Crippen LogP contribution is 2.14. The number of amides is 4. The van der Waals surface area contributed by atoms with Crippen LogP contribution in [0.4, 0.5) is 9.59 Å². The Bertz CT molecular complexity index is 1560. The summed E-state index contributed by atoms with van der Waals surface area (Å²) in [5.74, 6) is -2.08. The zero-order chi connectivity index (χ0) is 37.4. The number of hydrogen-bond acceptors (Lipinski definition) is 8. The molecule has 3 aromatic carbocycles. The highest BCUT2D eigenvalue weighted by atomic mass is 16.6. The molecule has 0 aliphatic heterocycles. The molecule has 12 nitrogen and oxygen atoms in total. The van der Waals surface area contributed by atoms with Crippen molar-refractivity contribution in [2.45, 2.75) is 90.3 Å². The summed E-state index contributed by atoms with van der Waals surface area (Å²) >= 11 is 0. The second-order valence-electron chi connectivity index (χ2n) is 13.5. The standard InChI is InChI=1S/C39H50N4O8/c1-26(2)34(36(46)49-6)43-35(45)32(23-28-18-12-8-13-19-28)40-33(44)24-31(41-37(47)50-25-29-20-14-9-15-21-29)30(22-27-16-10-7-11-17-27)42-38(48)51-39(3,4)5/h7-21,26,30-32,34H,22-25H2,1-6H3,(H,40,44)(H,41,47)(H,42,48)(H,43,45)/t30?,31-,32-,34?/m0/s1. The molecule has 0 fully saturated rings. The number of carbonyl (C=O) groups is 5. The molecular formula is C39H50N4O8. The van der Waals surface area contributed by atoms with Crippen molar-refractivity contribution >= 4 is 30.0 Å². The van der Waals surface area contributed by atoms with Crippen LogP contribution in [0.2, 0.25) is 0 Å². The lowest BCUT2D eigenvalue weighted by molar-refractivity contribution is -0.146. The van der Waals surface area contributed by atoms with Crippen molar-refractivity contribution in [3.05, 3.63) is 108 Å². The van der Waals surface area contributed by atoms with Crippen LogP contribution < -0.4 is 21.3 Å². The molecule has 0 radical (unpaired) electrons. The number of ether oxygens (including phenoxy) is 3. The van der Waals surface area contributed by atoms with E-state index in [1.807, 2.05) is 91.0 Å². The average Bonchev–Trinajstić information content (AvgIpc) is 3.08. The van der Waals surface area contributed by atoms with Gasteiger partial charge in [-0.3, -0.25) is 9.59 Å². The molecule has 4 N–H and O–H groups in total. The van der Waals surface area contributed by atoms with Crippen LogP contribution in [0.25, 0.3) is 0 Å². The fraction of sp³-hybridized carbons (Fsp3) is 0.410. The van der Waals surface area contributed by atoms with Gasteiger partial charge in [-0.2, -0.15) is 0 Å². The Morgan fingerprint density at radius 1 is 0.647 bits per heavy atom. The van der Waals surface area contributed by atoms with Gasteiger partial charge in [0, 0.05) is 12.8 Å². The van der Waals surface area contributed by atoms with Gasteiger partial charge in [-0.15, -0.1) is 0 Å². The first-order valence-corrected chi connectivity index (χ1v) is 17.0. The predicted octanol–water partition coefficient (Wildman–Crippen LogP) is 4.85. The fourth-order valence-electron chi connectivity index (χ4n) is 5.22. The van der Waals surface area contributed by atoms with Gasteiger partial charge >= 0.3 is 18.2 Å². The van der Waals surface area contributed by atoms with Gasteiger partial charge in [0.1, 0.15) is 24.3 Å². The molecule has 0 bridgehead atoms. The Morgan fingerprint density at radius 3 is 1.67 bits per heavy atom. The van der Waals surface area contributed by atoms with Gasteiger partial charge in [-0.25, -0.2) is 14.4 Å². The Labute approximate surface area is 300 Å². The first-order chi connectivity index (χ1) is 24.2. The highest BCUT2D eigenvalue weighted by molar-refractivity contribution is 5.91. The number of rotatable bonds is 16. The van der Waals surface area contributed by atoms with E-state index in [9.17, 15) is 24.0 Å². The molecule has 0 saturated carbocycles. The number of nitrogens with one attached hydrogen (secondary N) is 4. The lowest BCUT2D eigenvalue weighted by Crippen LogP contribution is -2.57. The summed E-state index contributed by atoms with van der Waals surface area (Å²) < 4.78 is 15.9. The molecule has 51 heavy (non-hydrogen) atoms. The summed E-state index contributed by atoms with van der Waals surface area (Å²) in [5, 5.41) is 11.1. The molecule has 0 heterocycles. The number of carbonyl (C=O) groups excluding carboxylic acids is 5. The van der Waals surface area contributed by atoms with E-state index in [2.05, 4.69) is 21.3 Å². The van der Waals surface area contributed by atoms with Crippen molar-refractivity contribution in [3.63, 3.8) is 0 Å². The monoisotopic (exact) mass is 702 g/mol. The van der Waals surface area contributed by atoms with Gasteiger partial charge in [-0.05, 0) is 49.8 Å². The maximum absolute atomic E-state index is 13.9. The van der Waals surface area contributed by atoms with E-state index < -0.39 is 59.7 Å². The van der Waals surface area contributed by atoms with Crippen molar-refractivity contribution in [1.82, 2.24) is 21.3 Å². The van der Waals surface area contributed by atoms with Crippen LogP contribution in [0.15, 0.2) is 91.0 Å². The van der Waals surface area contributed by atoms with Crippen molar-refractivity contribution in [2.24, 2.45) is 5.92 Å². The number of esters is 1. The van der Waals surface area contributed by atoms with Crippen molar-refractivity contribution in [3.8, 4) is 0 Å². The van der Waals surface area contributed by atoms with Gasteiger partial charge in [0.15, 0.2) is 0 Å². The summed E-state index contributed by atoms with van der Waals surface area (Å²) in [6, 6.07) is 23.6. The zero-order valence-electron chi connectivity index (χ0n) is 30.1. The average molecular weight is 703 g/mol. The molecule has 0 spiro atoms. The SMILES string of the molecule is COC(=O)C(NC(=O)[C@H](Cc1ccccc1)NC(=O)C[C@H](NC(=O)OCc1ccccc1)C(Cc1ccccc1)NC(=O)OC(C)(C)C)C(C)C. The highest BCUT2D eigenvalue weighted by Gasteiger charge is 2.33. The third-order valence-corrected chi connectivity index (χ3v) is 7.76. The summed E-state index contributed by atoms with van der Waals surface area (Å²) in [4.78, 5) is 66.3. The number of methoxy groups -OCH3 is 1. The van der Waals surface area contributed by atoms with Crippen LogP contribution in [0.5, 0.6) is 0 Å². The Hall–Kier alpha value is -5.39. The second-order valence-corrected chi connectivity index (χ2v) is 13.5. The van der Waals surface area contributed by atoms with Crippen molar-refractivity contribution < 1.29 is 38.2 Å². The molecule has 2 unspecified atom stereocenters. The smallest absolute Gasteiger partial charge is 0.407 e. The van der Waals surface area contributed by atoms with E-state index in [4.69, 9.17) is 14.2 Å². The van der Waals surface area contributed by atoms with E-state index in [0.717, 1.165) is 16.7 Å². The Balaban J connectivity index is 1.91. The summed E-state index contributed by atoms with van der Waals surface area (Å²) in [6.45, 7) is 8.69. The van der Waals surface area contributed by atoms with Gasteiger partial charge in [0.2, 0.25) is 11.8 Å². The normalized spacial score (nSPS) is 13.5. The summed E-state index contributed by atoms with van der Waals surface area (Å²) in [7, 11) is 1.24. The van der Waals surface area contributed by atoms with Crippen LogP contribution in [0, 0.1) is 5.92 Å². The number of hydrogen-bond donors (Lipinski definition) is 4. The molecule has 0 aliphatic rings. The van der Waals surface area contributed by atoms with Crippen LogP contribution in [0.3, 0.4) is 0 Å². The third kappa shape index (κ3) is 14.5. The van der Waals surface area contributed by atoms with Crippen molar-refractivity contribution in [1.29, 1.82) is 0 Å². The van der Waals surface area contributed by atoms with E-state index in [-0.39, 0.29) is 31.8 Å².